The van der Waals surface area contributed by atoms with Gasteiger partial charge in [-0.05, 0) is 71.0 Å². The van der Waals surface area contributed by atoms with Gasteiger partial charge in [-0.2, -0.15) is 0 Å². The molecule has 0 aliphatic rings. The van der Waals surface area contributed by atoms with E-state index in [1.165, 1.54) is 0 Å². The van der Waals surface area contributed by atoms with Crippen molar-refractivity contribution in [1.29, 1.82) is 0 Å². The molecular weight excluding hydrogens is 524 g/mol. The van der Waals surface area contributed by atoms with E-state index in [1.54, 1.807) is 18.1 Å². The lowest BCUT2D eigenvalue weighted by molar-refractivity contribution is 0.0172. The highest BCUT2D eigenvalue weighted by Gasteiger charge is 2.40. The number of aromatic nitrogens is 3. The van der Waals surface area contributed by atoms with E-state index in [9.17, 15) is 4.79 Å². The molecule has 1 unspecified atom stereocenters. The van der Waals surface area contributed by atoms with E-state index in [0.717, 1.165) is 22.5 Å². The van der Waals surface area contributed by atoms with Gasteiger partial charge in [0.05, 0.1) is 29.6 Å². The molecule has 0 bridgehead atoms. The van der Waals surface area contributed by atoms with Crippen LogP contribution in [0.2, 0.25) is 18.1 Å². The summed E-state index contributed by atoms with van der Waals surface area (Å²) >= 11 is 0. The average molecular weight is 569 g/mol. The average Bonchev–Trinajstić information content (AvgIpc) is 3.18. The Balaban J connectivity index is 1.80. The van der Waals surface area contributed by atoms with Gasteiger partial charge in [-0.25, -0.2) is 14.8 Å². The first kappa shape index (κ1) is 31.3. The van der Waals surface area contributed by atoms with Crippen LogP contribution < -0.4 is 4.74 Å². The second kappa shape index (κ2) is 12.1. The van der Waals surface area contributed by atoms with Crippen LogP contribution in [0.15, 0.2) is 41.1 Å². The molecule has 0 spiro atoms. The number of nitrogens with zero attached hydrogens (tertiary/aromatic N) is 4. The molecule has 3 rings (SSSR count). The standard InChI is InChI=1S/C30H44N4O5Si/c1-20-26(21(2)38-33-20)25-15-16-31-27(32-25)22-13-12-14-23(17-22)36-19-24(39-40(10,11)30(6,7)8)18-34(9)28(35)37-29(3,4)5/h12-17,24H,18-19H2,1-11H3. The summed E-state index contributed by atoms with van der Waals surface area (Å²) in [5.74, 6) is 1.94. The van der Waals surface area contributed by atoms with Gasteiger partial charge in [-0.1, -0.05) is 38.1 Å². The van der Waals surface area contributed by atoms with E-state index in [-0.39, 0.29) is 17.7 Å². The first-order chi connectivity index (χ1) is 18.5. The molecule has 10 heteroatoms. The molecule has 9 nitrogen and oxygen atoms in total. The first-order valence-electron chi connectivity index (χ1n) is 13.6. The van der Waals surface area contributed by atoms with Crippen molar-refractivity contribution in [2.24, 2.45) is 0 Å². The number of hydrogen-bond donors (Lipinski definition) is 0. The molecule has 0 N–H and O–H groups in total. The summed E-state index contributed by atoms with van der Waals surface area (Å²) in [4.78, 5) is 23.5. The molecule has 2 heterocycles. The van der Waals surface area contributed by atoms with Gasteiger partial charge in [-0.3, -0.25) is 0 Å². The maximum atomic E-state index is 12.7. The molecule has 0 fully saturated rings. The largest absolute Gasteiger partial charge is 0.491 e. The lowest BCUT2D eigenvalue weighted by Gasteiger charge is -2.40. The second-order valence-electron chi connectivity index (χ2n) is 12.7. The fraction of sp³-hybridized carbons (Fsp3) is 0.533. The molecule has 0 radical (unpaired) electrons. The summed E-state index contributed by atoms with van der Waals surface area (Å²) in [6.45, 7) is 20.9. The smallest absolute Gasteiger partial charge is 0.410 e. The number of ether oxygens (including phenoxy) is 2. The minimum Gasteiger partial charge on any atom is -0.491 e. The summed E-state index contributed by atoms with van der Waals surface area (Å²) in [6.07, 6.45) is 0.988. The summed E-state index contributed by atoms with van der Waals surface area (Å²) in [5, 5.41) is 4.04. The van der Waals surface area contributed by atoms with Crippen LogP contribution in [0.25, 0.3) is 22.6 Å². The Bertz CT molecular complexity index is 1290. The Morgan fingerprint density at radius 1 is 1.10 bits per heavy atom. The van der Waals surface area contributed by atoms with E-state index in [4.69, 9.17) is 23.4 Å². The van der Waals surface area contributed by atoms with Crippen molar-refractivity contribution >= 4 is 14.4 Å². The maximum absolute atomic E-state index is 12.7. The van der Waals surface area contributed by atoms with Crippen LogP contribution in [-0.2, 0) is 9.16 Å². The Kier molecular flexibility index (Phi) is 9.46. The summed E-state index contributed by atoms with van der Waals surface area (Å²) in [6, 6.07) is 9.50. The van der Waals surface area contributed by atoms with Gasteiger partial charge in [0.15, 0.2) is 14.1 Å². The third-order valence-electron chi connectivity index (χ3n) is 6.92. The number of hydrogen-bond acceptors (Lipinski definition) is 8. The predicted octanol–water partition coefficient (Wildman–Crippen LogP) is 7.05. The maximum Gasteiger partial charge on any atom is 0.410 e. The van der Waals surface area contributed by atoms with Crippen molar-refractivity contribution in [1.82, 2.24) is 20.0 Å². The Morgan fingerprint density at radius 2 is 1.80 bits per heavy atom. The summed E-state index contributed by atoms with van der Waals surface area (Å²) in [5.41, 5.74) is 2.64. The van der Waals surface area contributed by atoms with Gasteiger partial charge in [0.25, 0.3) is 0 Å². The minimum absolute atomic E-state index is 0.000767. The monoisotopic (exact) mass is 568 g/mol. The summed E-state index contributed by atoms with van der Waals surface area (Å²) < 4.78 is 23.8. The Morgan fingerprint density at radius 3 is 2.40 bits per heavy atom. The number of likely N-dealkylation sites (N-methyl/N-ethyl adjacent to an activating group) is 1. The predicted molar refractivity (Wildman–Crippen MR) is 159 cm³/mol. The number of benzene rings is 1. The van der Waals surface area contributed by atoms with Gasteiger partial charge < -0.3 is 23.3 Å². The van der Waals surface area contributed by atoms with Crippen LogP contribution in [0.5, 0.6) is 5.75 Å². The van der Waals surface area contributed by atoms with Crippen molar-refractivity contribution in [3.8, 4) is 28.4 Å². The summed E-state index contributed by atoms with van der Waals surface area (Å²) in [7, 11) is -0.430. The normalized spacial score (nSPS) is 13.2. The Hall–Kier alpha value is -3.24. The van der Waals surface area contributed by atoms with Gasteiger partial charge in [-0.15, -0.1) is 0 Å². The minimum atomic E-state index is -2.15. The zero-order valence-electron chi connectivity index (χ0n) is 25.8. The molecule has 0 saturated carbocycles. The molecule has 1 aromatic carbocycles. The number of rotatable bonds is 9. The zero-order chi connectivity index (χ0) is 29.9. The molecular formula is C30H44N4O5Si. The molecule has 1 amide bonds. The highest BCUT2D eigenvalue weighted by molar-refractivity contribution is 6.74. The van der Waals surface area contributed by atoms with E-state index in [2.05, 4.69) is 44.0 Å². The quantitative estimate of drug-likeness (QED) is 0.253. The highest BCUT2D eigenvalue weighted by Crippen LogP contribution is 2.37. The third kappa shape index (κ3) is 8.14. The fourth-order valence-electron chi connectivity index (χ4n) is 3.84. The van der Waals surface area contributed by atoms with Gasteiger partial charge in [0.2, 0.25) is 0 Å². The van der Waals surface area contributed by atoms with Gasteiger partial charge >= 0.3 is 6.09 Å². The highest BCUT2D eigenvalue weighted by atomic mass is 28.4. The van der Waals surface area contributed by atoms with Crippen LogP contribution in [0.4, 0.5) is 4.79 Å². The molecule has 0 aliphatic carbocycles. The van der Waals surface area contributed by atoms with Gasteiger partial charge in [0, 0.05) is 18.8 Å². The van der Waals surface area contributed by atoms with E-state index in [1.807, 2.05) is 65.0 Å². The molecule has 40 heavy (non-hydrogen) atoms. The van der Waals surface area contributed by atoms with Gasteiger partial charge in [0.1, 0.15) is 23.7 Å². The third-order valence-corrected chi connectivity index (χ3v) is 11.5. The molecule has 2 aromatic heterocycles. The lowest BCUT2D eigenvalue weighted by Crippen LogP contribution is -2.49. The van der Waals surface area contributed by atoms with Crippen molar-refractivity contribution < 1.29 is 23.2 Å². The van der Waals surface area contributed by atoms with Crippen molar-refractivity contribution in [2.75, 3.05) is 20.2 Å². The molecule has 218 valence electrons. The van der Waals surface area contributed by atoms with E-state index >= 15 is 0 Å². The van der Waals surface area contributed by atoms with Crippen molar-refractivity contribution in [2.45, 2.75) is 85.2 Å². The van der Waals surface area contributed by atoms with Crippen molar-refractivity contribution in [3.63, 3.8) is 0 Å². The first-order valence-corrected chi connectivity index (χ1v) is 16.5. The molecule has 3 aromatic rings. The zero-order valence-corrected chi connectivity index (χ0v) is 26.8. The Labute approximate surface area is 239 Å². The van der Waals surface area contributed by atoms with Crippen LogP contribution in [0, 0.1) is 13.8 Å². The number of carbonyl (C=O) groups is 1. The van der Waals surface area contributed by atoms with Crippen LogP contribution in [0.1, 0.15) is 53.0 Å². The number of carbonyl (C=O) groups excluding carboxylic acids is 1. The number of aryl methyl sites for hydroxylation is 2. The molecule has 0 saturated heterocycles. The van der Waals surface area contributed by atoms with Crippen LogP contribution >= 0.6 is 0 Å². The van der Waals surface area contributed by atoms with Crippen molar-refractivity contribution in [3.05, 3.63) is 48.0 Å². The second-order valence-corrected chi connectivity index (χ2v) is 17.4. The van der Waals surface area contributed by atoms with E-state index in [0.29, 0.717) is 23.9 Å². The SMILES string of the molecule is Cc1noc(C)c1-c1ccnc(-c2cccc(OCC(CN(C)C(=O)OC(C)(C)C)O[Si](C)(C)C(C)(C)C)c2)n1. The van der Waals surface area contributed by atoms with Crippen LogP contribution in [0.3, 0.4) is 0 Å². The topological polar surface area (TPSA) is 99.8 Å². The molecule has 1 atom stereocenters. The van der Waals surface area contributed by atoms with E-state index < -0.39 is 20.0 Å². The number of amides is 1. The lowest BCUT2D eigenvalue weighted by atomic mass is 10.1. The van der Waals surface area contributed by atoms with Crippen LogP contribution in [-0.4, -0.2) is 66.3 Å². The fourth-order valence-corrected chi connectivity index (χ4v) is 5.17. The molecule has 0 aliphatic heterocycles.